The van der Waals surface area contributed by atoms with Crippen LogP contribution in [0.15, 0.2) is 23.2 Å². The van der Waals surface area contributed by atoms with Crippen molar-refractivity contribution in [3.63, 3.8) is 0 Å². The lowest BCUT2D eigenvalue weighted by atomic mass is 9.97. The zero-order valence-corrected chi connectivity index (χ0v) is 18.9. The Labute approximate surface area is 183 Å². The summed E-state index contributed by atoms with van der Waals surface area (Å²) >= 11 is 0. The first-order valence-corrected chi connectivity index (χ1v) is 10.9. The van der Waals surface area contributed by atoms with Crippen LogP contribution in [0.25, 0.3) is 5.82 Å². The lowest BCUT2D eigenvalue weighted by molar-refractivity contribution is -0.141. The molecule has 0 saturated carbocycles. The number of amides is 1. The number of rotatable bonds is 6. The van der Waals surface area contributed by atoms with Crippen molar-refractivity contribution in [1.29, 1.82) is 5.26 Å². The summed E-state index contributed by atoms with van der Waals surface area (Å²) in [5, 5.41) is 15.7. The molecule has 2 rings (SSSR count). The molecule has 1 amide bonds. The van der Waals surface area contributed by atoms with E-state index in [4.69, 9.17) is 0 Å². The Morgan fingerprint density at radius 2 is 1.88 bits per heavy atom. The average Bonchev–Trinajstić information content (AvgIpc) is 3.04. The van der Waals surface area contributed by atoms with Gasteiger partial charge in [0.2, 0.25) is 5.91 Å². The number of nitriles is 1. The number of pyridine rings is 1. The van der Waals surface area contributed by atoms with E-state index in [1.165, 1.54) is 19.9 Å². The maximum atomic E-state index is 13.4. The van der Waals surface area contributed by atoms with Gasteiger partial charge in [0.25, 0.3) is 10.0 Å². The highest BCUT2D eigenvalue weighted by Gasteiger charge is 2.40. The molecule has 0 aliphatic rings. The number of halogens is 3. The maximum absolute atomic E-state index is 13.4. The molecule has 0 aromatic carbocycles. The smallest absolute Gasteiger partial charge is 0.368 e. The molecule has 2 N–H and O–H groups in total. The molecule has 9 nitrogen and oxygen atoms in total. The summed E-state index contributed by atoms with van der Waals surface area (Å²) in [4.78, 5) is 15.3. The third kappa shape index (κ3) is 5.76. The molecule has 2 aromatic rings. The molecule has 0 atom stereocenters. The molecular weight excluding hydrogens is 449 g/mol. The first-order chi connectivity index (χ1) is 14.6. The van der Waals surface area contributed by atoms with Gasteiger partial charge in [0.15, 0.2) is 11.5 Å². The largest absolute Gasteiger partial charge is 0.436 e. The highest BCUT2D eigenvalue weighted by molar-refractivity contribution is 7.90. The van der Waals surface area contributed by atoms with Gasteiger partial charge in [-0.3, -0.25) is 4.79 Å². The summed E-state index contributed by atoms with van der Waals surface area (Å²) in [5.41, 5.74) is -2.43. The average molecular weight is 472 g/mol. The van der Waals surface area contributed by atoms with Gasteiger partial charge in [-0.1, -0.05) is 34.6 Å². The molecule has 174 valence electrons. The third-order valence-corrected chi connectivity index (χ3v) is 5.39. The lowest BCUT2D eigenvalue weighted by Gasteiger charge is -2.20. The van der Waals surface area contributed by atoms with Crippen LogP contribution in [-0.2, 0) is 21.0 Å². The van der Waals surface area contributed by atoms with Gasteiger partial charge < -0.3 is 5.32 Å². The van der Waals surface area contributed by atoms with E-state index < -0.39 is 39.3 Å². The molecule has 2 aromatic heterocycles. The molecule has 0 aliphatic heterocycles. The van der Waals surface area contributed by atoms with Crippen molar-refractivity contribution in [1.82, 2.24) is 19.5 Å². The Hall–Kier alpha value is -3.14. The summed E-state index contributed by atoms with van der Waals surface area (Å²) in [6.45, 7) is 8.79. The number of alkyl halides is 3. The SMILES string of the molecule is CC(C)C(=O)NS(=O)(=O)c1ccc(-n2nc(C(F)(F)F)c(C#N)c2NCC(C)(C)C)nc1. The van der Waals surface area contributed by atoms with Crippen LogP contribution >= 0.6 is 0 Å². The lowest BCUT2D eigenvalue weighted by Crippen LogP contribution is -2.33. The fraction of sp³-hybridized carbons (Fsp3) is 0.474. The van der Waals surface area contributed by atoms with E-state index in [1.807, 2.05) is 25.5 Å². The second-order valence-corrected chi connectivity index (χ2v) is 10.2. The van der Waals surface area contributed by atoms with E-state index in [2.05, 4.69) is 15.4 Å². The van der Waals surface area contributed by atoms with E-state index >= 15 is 0 Å². The van der Waals surface area contributed by atoms with Crippen LogP contribution < -0.4 is 10.0 Å². The quantitative estimate of drug-likeness (QED) is 0.661. The standard InChI is InChI=1S/C19H23F3N6O3S/c1-11(2)17(29)27-32(30,31)12-6-7-14(24-9-12)28-16(25-10-18(3,4)5)13(8-23)15(26-28)19(20,21)22/h6-7,9,11,25H,10H2,1-5H3,(H,27,29). The second-order valence-electron chi connectivity index (χ2n) is 8.48. The van der Waals surface area contributed by atoms with Gasteiger partial charge in [-0.25, -0.2) is 18.1 Å². The molecule has 0 unspecified atom stereocenters. The first kappa shape index (κ1) is 25.1. The summed E-state index contributed by atoms with van der Waals surface area (Å²) in [5.74, 6) is -1.67. The minimum absolute atomic E-state index is 0.150. The van der Waals surface area contributed by atoms with Crippen LogP contribution in [0.2, 0.25) is 0 Å². The van der Waals surface area contributed by atoms with Crippen molar-refractivity contribution in [2.75, 3.05) is 11.9 Å². The van der Waals surface area contributed by atoms with Gasteiger partial charge >= 0.3 is 6.18 Å². The maximum Gasteiger partial charge on any atom is 0.436 e. The number of hydrogen-bond acceptors (Lipinski definition) is 7. The fourth-order valence-electron chi connectivity index (χ4n) is 2.37. The van der Waals surface area contributed by atoms with Crippen LogP contribution in [0.1, 0.15) is 45.9 Å². The molecule has 0 aliphatic carbocycles. The van der Waals surface area contributed by atoms with Gasteiger partial charge in [-0.2, -0.15) is 28.2 Å². The summed E-state index contributed by atoms with van der Waals surface area (Å²) in [6, 6.07) is 3.73. The number of nitrogens with one attached hydrogen (secondary N) is 2. The number of carbonyl (C=O) groups excluding carboxylic acids is 1. The number of nitrogens with zero attached hydrogens (tertiary/aromatic N) is 4. The van der Waals surface area contributed by atoms with Gasteiger partial charge in [0.1, 0.15) is 22.3 Å². The Morgan fingerprint density at radius 1 is 1.25 bits per heavy atom. The van der Waals surface area contributed by atoms with E-state index in [0.717, 1.165) is 23.0 Å². The number of aromatic nitrogens is 3. The third-order valence-electron chi connectivity index (χ3n) is 4.06. The van der Waals surface area contributed by atoms with Crippen molar-refractivity contribution in [2.24, 2.45) is 11.3 Å². The molecule has 2 heterocycles. The summed E-state index contributed by atoms with van der Waals surface area (Å²) in [7, 11) is -4.21. The van der Waals surface area contributed by atoms with Crippen LogP contribution in [0.5, 0.6) is 0 Å². The molecule has 0 radical (unpaired) electrons. The molecular formula is C19H23F3N6O3S. The van der Waals surface area contributed by atoms with E-state index in [-0.39, 0.29) is 28.5 Å². The zero-order valence-electron chi connectivity index (χ0n) is 18.1. The van der Waals surface area contributed by atoms with Gasteiger partial charge in [0, 0.05) is 18.7 Å². The Kier molecular flexibility index (Phi) is 6.89. The van der Waals surface area contributed by atoms with Crippen molar-refractivity contribution < 1.29 is 26.4 Å². The van der Waals surface area contributed by atoms with Crippen molar-refractivity contribution in [2.45, 2.75) is 45.7 Å². The molecule has 0 saturated heterocycles. The number of anilines is 1. The second kappa shape index (κ2) is 8.78. The topological polar surface area (TPSA) is 130 Å². The number of carbonyl (C=O) groups is 1. The minimum atomic E-state index is -4.89. The highest BCUT2D eigenvalue weighted by atomic mass is 32.2. The van der Waals surface area contributed by atoms with Crippen molar-refractivity contribution >= 4 is 21.7 Å². The Bertz CT molecular complexity index is 1140. The monoisotopic (exact) mass is 472 g/mol. The minimum Gasteiger partial charge on any atom is -0.368 e. The van der Waals surface area contributed by atoms with Gasteiger partial charge in [0.05, 0.1) is 0 Å². The van der Waals surface area contributed by atoms with Crippen LogP contribution in [0.4, 0.5) is 19.0 Å². The fourth-order valence-corrected chi connectivity index (χ4v) is 3.42. The van der Waals surface area contributed by atoms with Crippen LogP contribution in [0.3, 0.4) is 0 Å². The molecule has 32 heavy (non-hydrogen) atoms. The normalized spacial score (nSPS) is 12.5. The van der Waals surface area contributed by atoms with E-state index in [9.17, 15) is 31.6 Å². The number of sulfonamides is 1. The molecule has 13 heteroatoms. The molecule has 0 spiro atoms. The first-order valence-electron chi connectivity index (χ1n) is 9.44. The van der Waals surface area contributed by atoms with E-state index in [1.54, 1.807) is 0 Å². The predicted molar refractivity (Wildman–Crippen MR) is 109 cm³/mol. The molecule has 0 fully saturated rings. The van der Waals surface area contributed by atoms with Gasteiger partial charge in [-0.05, 0) is 17.5 Å². The van der Waals surface area contributed by atoms with Crippen molar-refractivity contribution in [3.8, 4) is 11.9 Å². The Balaban J connectivity index is 2.54. The van der Waals surface area contributed by atoms with Gasteiger partial charge in [-0.15, -0.1) is 0 Å². The van der Waals surface area contributed by atoms with E-state index in [0.29, 0.717) is 0 Å². The van der Waals surface area contributed by atoms with Crippen LogP contribution in [0, 0.1) is 22.7 Å². The van der Waals surface area contributed by atoms with Crippen molar-refractivity contribution in [3.05, 3.63) is 29.6 Å². The van der Waals surface area contributed by atoms with Crippen LogP contribution in [-0.4, -0.2) is 35.6 Å². The zero-order chi connectivity index (χ0) is 24.5. The Morgan fingerprint density at radius 3 is 2.31 bits per heavy atom. The summed E-state index contributed by atoms with van der Waals surface area (Å²) in [6.07, 6.45) is -4.00. The molecule has 0 bridgehead atoms. The predicted octanol–water partition coefficient (Wildman–Crippen LogP) is 3.08. The highest BCUT2D eigenvalue weighted by Crippen LogP contribution is 2.35. The number of hydrogen-bond donors (Lipinski definition) is 2. The summed E-state index contributed by atoms with van der Waals surface area (Å²) < 4.78 is 67.6.